The third kappa shape index (κ3) is 2.58. The third-order valence-corrected chi connectivity index (χ3v) is 3.05. The highest BCUT2D eigenvalue weighted by Crippen LogP contribution is 2.32. The Bertz CT molecular complexity index is 215. The first-order valence-electron chi connectivity index (χ1n) is 5.07. The van der Waals surface area contributed by atoms with Gasteiger partial charge in [0.2, 0.25) is 0 Å². The normalized spacial score (nSPS) is 27.0. The molecule has 0 aromatic carbocycles. The summed E-state index contributed by atoms with van der Waals surface area (Å²) in [7, 11) is 1.38. The Morgan fingerprint density at radius 3 is 2.43 bits per heavy atom. The Morgan fingerprint density at radius 2 is 2.00 bits per heavy atom. The molecule has 0 spiro atoms. The number of hydrogen-bond acceptors (Lipinski definition) is 3. The van der Waals surface area contributed by atoms with Crippen molar-refractivity contribution in [1.82, 2.24) is 0 Å². The molecule has 1 fully saturated rings. The van der Waals surface area contributed by atoms with Crippen LogP contribution in [0.5, 0.6) is 0 Å². The van der Waals surface area contributed by atoms with Crippen molar-refractivity contribution >= 4 is 5.97 Å². The van der Waals surface area contributed by atoms with Gasteiger partial charge < -0.3 is 9.84 Å². The number of ether oxygens (including phenoxy) is 1. The van der Waals surface area contributed by atoms with E-state index in [4.69, 9.17) is 5.11 Å². The molecular weight excluding hydrogens is 180 g/mol. The van der Waals surface area contributed by atoms with Crippen LogP contribution in [0.15, 0.2) is 12.2 Å². The van der Waals surface area contributed by atoms with Crippen LogP contribution in [0.25, 0.3) is 0 Å². The molecule has 0 amide bonds. The predicted molar refractivity (Wildman–Crippen MR) is 53.7 cm³/mol. The summed E-state index contributed by atoms with van der Waals surface area (Å²) in [6.45, 7) is 4.02. The molecule has 1 rings (SSSR count). The summed E-state index contributed by atoms with van der Waals surface area (Å²) in [5.41, 5.74) is 0.587. The molecule has 0 unspecified atom stereocenters. The largest absolute Gasteiger partial charge is 0.466 e. The molecule has 0 radical (unpaired) electrons. The maximum Gasteiger partial charge on any atom is 0.333 e. The van der Waals surface area contributed by atoms with Crippen molar-refractivity contribution in [3.8, 4) is 0 Å². The molecule has 1 aliphatic carbocycles. The minimum absolute atomic E-state index is 0.255. The van der Waals surface area contributed by atoms with Crippen molar-refractivity contribution in [2.45, 2.75) is 25.7 Å². The molecule has 1 aliphatic rings. The van der Waals surface area contributed by atoms with Crippen LogP contribution in [-0.2, 0) is 9.53 Å². The average molecular weight is 198 g/mol. The van der Waals surface area contributed by atoms with E-state index in [1.807, 2.05) is 0 Å². The molecule has 80 valence electrons. The molecular formula is C11H18O3. The molecule has 0 bridgehead atoms. The van der Waals surface area contributed by atoms with Gasteiger partial charge in [0.05, 0.1) is 7.11 Å². The number of esters is 1. The first kappa shape index (κ1) is 11.2. The van der Waals surface area contributed by atoms with Crippen LogP contribution in [0.1, 0.15) is 25.7 Å². The Balaban J connectivity index is 2.41. The number of carbonyl (C=O) groups excluding carboxylic acids is 1. The number of aliphatic hydroxyl groups excluding tert-OH is 1. The topological polar surface area (TPSA) is 46.5 Å². The number of rotatable bonds is 3. The second-order valence-electron chi connectivity index (χ2n) is 3.92. The summed E-state index contributed by atoms with van der Waals surface area (Å²) in [6, 6.07) is 0. The van der Waals surface area contributed by atoms with Gasteiger partial charge in [-0.05, 0) is 37.5 Å². The monoisotopic (exact) mass is 198 g/mol. The highest BCUT2D eigenvalue weighted by molar-refractivity contribution is 5.88. The minimum Gasteiger partial charge on any atom is -0.466 e. The van der Waals surface area contributed by atoms with Crippen LogP contribution in [0.4, 0.5) is 0 Å². The van der Waals surface area contributed by atoms with Crippen molar-refractivity contribution in [2.75, 3.05) is 13.7 Å². The maximum absolute atomic E-state index is 11.2. The van der Waals surface area contributed by atoms with E-state index in [9.17, 15) is 4.79 Å². The van der Waals surface area contributed by atoms with E-state index in [2.05, 4.69) is 11.3 Å². The van der Waals surface area contributed by atoms with E-state index in [0.29, 0.717) is 11.5 Å². The first-order chi connectivity index (χ1) is 6.69. The summed E-state index contributed by atoms with van der Waals surface area (Å²) in [6.07, 6.45) is 3.85. The van der Waals surface area contributed by atoms with Crippen molar-refractivity contribution in [3.63, 3.8) is 0 Å². The van der Waals surface area contributed by atoms with E-state index < -0.39 is 0 Å². The lowest BCUT2D eigenvalue weighted by molar-refractivity contribution is -0.136. The van der Waals surface area contributed by atoms with Gasteiger partial charge in [-0.2, -0.15) is 0 Å². The van der Waals surface area contributed by atoms with Gasteiger partial charge in [0.1, 0.15) is 0 Å². The molecule has 0 aliphatic heterocycles. The smallest absolute Gasteiger partial charge is 0.333 e. The van der Waals surface area contributed by atoms with Gasteiger partial charge in [-0.15, -0.1) is 0 Å². The van der Waals surface area contributed by atoms with E-state index in [1.54, 1.807) is 0 Å². The maximum atomic E-state index is 11.2. The van der Waals surface area contributed by atoms with E-state index >= 15 is 0 Å². The lowest BCUT2D eigenvalue weighted by Gasteiger charge is -2.27. The van der Waals surface area contributed by atoms with Crippen molar-refractivity contribution in [1.29, 1.82) is 0 Å². The average Bonchev–Trinajstić information content (AvgIpc) is 2.27. The zero-order chi connectivity index (χ0) is 10.6. The first-order valence-corrected chi connectivity index (χ1v) is 5.07. The number of carbonyl (C=O) groups is 1. The summed E-state index contributed by atoms with van der Waals surface area (Å²) < 4.78 is 4.63. The molecule has 0 aromatic rings. The van der Waals surface area contributed by atoms with Gasteiger partial charge in [-0.25, -0.2) is 4.79 Å². The van der Waals surface area contributed by atoms with Crippen LogP contribution in [0.3, 0.4) is 0 Å². The molecule has 3 nitrogen and oxygen atoms in total. The van der Waals surface area contributed by atoms with Gasteiger partial charge in [-0.3, -0.25) is 0 Å². The standard InChI is InChI=1S/C11H18O3/c1-8(11(13)14-2)10-5-3-9(7-12)4-6-10/h9-10,12H,1,3-7H2,2H3. The molecule has 0 saturated heterocycles. The van der Waals surface area contributed by atoms with Crippen molar-refractivity contribution in [2.24, 2.45) is 11.8 Å². The Morgan fingerprint density at radius 1 is 1.43 bits per heavy atom. The quantitative estimate of drug-likeness (QED) is 0.552. The van der Waals surface area contributed by atoms with E-state index in [-0.39, 0.29) is 18.5 Å². The summed E-state index contributed by atoms with van der Waals surface area (Å²) >= 11 is 0. The van der Waals surface area contributed by atoms with Crippen LogP contribution >= 0.6 is 0 Å². The van der Waals surface area contributed by atoms with Crippen molar-refractivity contribution < 1.29 is 14.6 Å². The van der Waals surface area contributed by atoms with Gasteiger partial charge >= 0.3 is 5.97 Å². The fourth-order valence-corrected chi connectivity index (χ4v) is 1.99. The second-order valence-corrected chi connectivity index (χ2v) is 3.92. The summed E-state index contributed by atoms with van der Waals surface area (Å²) in [4.78, 5) is 11.2. The highest BCUT2D eigenvalue weighted by Gasteiger charge is 2.25. The van der Waals surface area contributed by atoms with Crippen LogP contribution < -0.4 is 0 Å². The molecule has 0 atom stereocenters. The number of hydrogen-bond donors (Lipinski definition) is 1. The second kappa shape index (κ2) is 5.15. The van der Waals surface area contributed by atoms with Gasteiger partial charge in [0, 0.05) is 12.2 Å². The predicted octanol–water partition coefficient (Wildman–Crippen LogP) is 1.51. The zero-order valence-electron chi connectivity index (χ0n) is 8.66. The van der Waals surface area contributed by atoms with Gasteiger partial charge in [0.15, 0.2) is 0 Å². The SMILES string of the molecule is C=C(C(=O)OC)C1CCC(CO)CC1. The molecule has 0 aromatic heterocycles. The van der Waals surface area contributed by atoms with Crippen LogP contribution in [0.2, 0.25) is 0 Å². The number of aliphatic hydroxyl groups is 1. The fraction of sp³-hybridized carbons (Fsp3) is 0.727. The molecule has 1 saturated carbocycles. The molecule has 0 heterocycles. The van der Waals surface area contributed by atoms with E-state index in [0.717, 1.165) is 25.7 Å². The molecule has 14 heavy (non-hydrogen) atoms. The Labute approximate surface area is 84.8 Å². The Kier molecular flexibility index (Phi) is 4.14. The highest BCUT2D eigenvalue weighted by atomic mass is 16.5. The van der Waals surface area contributed by atoms with Crippen molar-refractivity contribution in [3.05, 3.63) is 12.2 Å². The van der Waals surface area contributed by atoms with E-state index in [1.165, 1.54) is 7.11 Å². The summed E-state index contributed by atoms with van der Waals surface area (Å²) in [5, 5.41) is 8.96. The lowest BCUT2D eigenvalue weighted by atomic mass is 9.79. The summed E-state index contributed by atoms with van der Waals surface area (Å²) in [5.74, 6) is 0.374. The third-order valence-electron chi connectivity index (χ3n) is 3.05. The van der Waals surface area contributed by atoms with Gasteiger partial charge in [0.25, 0.3) is 0 Å². The number of methoxy groups -OCH3 is 1. The molecule has 1 N–H and O–H groups in total. The fourth-order valence-electron chi connectivity index (χ4n) is 1.99. The molecule has 3 heteroatoms. The zero-order valence-corrected chi connectivity index (χ0v) is 8.66. The Hall–Kier alpha value is -0.830. The lowest BCUT2D eigenvalue weighted by Crippen LogP contribution is -2.21. The minimum atomic E-state index is -0.294. The van der Waals surface area contributed by atoms with Crippen LogP contribution in [-0.4, -0.2) is 24.8 Å². The van der Waals surface area contributed by atoms with Gasteiger partial charge in [-0.1, -0.05) is 6.58 Å². The van der Waals surface area contributed by atoms with Crippen LogP contribution in [0, 0.1) is 11.8 Å².